The molecule has 0 amide bonds. The maximum atomic E-state index is 9.80. The summed E-state index contributed by atoms with van der Waals surface area (Å²) < 4.78 is 0. The topological polar surface area (TPSA) is 84.2 Å². The van der Waals surface area contributed by atoms with E-state index in [0.29, 0.717) is 25.9 Å². The lowest BCUT2D eigenvalue weighted by atomic mass is 9.83. The molecule has 0 aliphatic heterocycles. The molecule has 0 radical (unpaired) electrons. The molecule has 0 saturated carbocycles. The average Bonchev–Trinajstić information content (AvgIpc) is 2.64. The Morgan fingerprint density at radius 2 is 1.12 bits per heavy atom. The quantitative estimate of drug-likeness (QED) is 0.492. The second-order valence-corrected chi connectivity index (χ2v) is 7.03. The standard InChI is InChI=1S/C19H33NO4/c1-4-18(12-21,13-22)10-20(11-19(5-2,14-23)15-24)17-8-6-16(3)7-9-17/h6-9,21-24H,4-5,10-15H2,1-3H3. The zero-order chi connectivity index (χ0) is 18.2. The van der Waals surface area contributed by atoms with Gasteiger partial charge in [-0.1, -0.05) is 31.5 Å². The van der Waals surface area contributed by atoms with Gasteiger partial charge in [0.25, 0.3) is 0 Å². The third-order valence-corrected chi connectivity index (χ3v) is 5.29. The second-order valence-electron chi connectivity index (χ2n) is 7.03. The molecule has 1 rings (SSSR count). The van der Waals surface area contributed by atoms with E-state index in [0.717, 1.165) is 11.3 Å². The van der Waals surface area contributed by atoms with Crippen LogP contribution in [0.3, 0.4) is 0 Å². The SMILES string of the molecule is CCC(CO)(CO)CN(CC(CC)(CO)CO)c1ccc(C)cc1. The third kappa shape index (κ3) is 4.93. The molecule has 0 bridgehead atoms. The van der Waals surface area contributed by atoms with Crippen LogP contribution in [0.2, 0.25) is 0 Å². The molecule has 4 N–H and O–H groups in total. The van der Waals surface area contributed by atoms with Crippen LogP contribution in [0.4, 0.5) is 5.69 Å². The maximum absolute atomic E-state index is 9.80. The molecular formula is C19H33NO4. The molecule has 0 aromatic heterocycles. The van der Waals surface area contributed by atoms with E-state index in [1.807, 2.05) is 45.0 Å². The van der Waals surface area contributed by atoms with Gasteiger partial charge in [0.1, 0.15) is 0 Å². The van der Waals surface area contributed by atoms with E-state index >= 15 is 0 Å². The Morgan fingerprint density at radius 1 is 0.750 bits per heavy atom. The number of hydrogen-bond donors (Lipinski definition) is 4. The largest absolute Gasteiger partial charge is 0.396 e. The van der Waals surface area contributed by atoms with Gasteiger partial charge in [-0.05, 0) is 31.9 Å². The first-order valence-corrected chi connectivity index (χ1v) is 8.68. The van der Waals surface area contributed by atoms with Crippen LogP contribution in [-0.2, 0) is 0 Å². The number of aryl methyl sites for hydroxylation is 1. The molecule has 0 spiro atoms. The van der Waals surface area contributed by atoms with Crippen LogP contribution in [-0.4, -0.2) is 59.9 Å². The summed E-state index contributed by atoms with van der Waals surface area (Å²) in [7, 11) is 0. The van der Waals surface area contributed by atoms with Crippen LogP contribution in [0.5, 0.6) is 0 Å². The first-order valence-electron chi connectivity index (χ1n) is 8.68. The first kappa shape index (κ1) is 20.9. The van der Waals surface area contributed by atoms with E-state index in [-0.39, 0.29) is 26.4 Å². The number of hydrogen-bond acceptors (Lipinski definition) is 5. The summed E-state index contributed by atoms with van der Waals surface area (Å²) in [5.41, 5.74) is 0.876. The van der Waals surface area contributed by atoms with E-state index in [1.54, 1.807) is 0 Å². The molecule has 0 atom stereocenters. The van der Waals surface area contributed by atoms with Gasteiger partial charge in [-0.15, -0.1) is 0 Å². The van der Waals surface area contributed by atoms with Crippen molar-refractivity contribution >= 4 is 5.69 Å². The Balaban J connectivity index is 3.18. The summed E-state index contributed by atoms with van der Waals surface area (Å²) in [6.07, 6.45) is 1.28. The fraction of sp³-hybridized carbons (Fsp3) is 0.684. The molecule has 0 unspecified atom stereocenters. The van der Waals surface area contributed by atoms with E-state index < -0.39 is 10.8 Å². The maximum Gasteiger partial charge on any atom is 0.0526 e. The Bertz CT molecular complexity index is 428. The molecule has 0 aliphatic rings. The molecule has 0 aliphatic carbocycles. The summed E-state index contributed by atoms with van der Waals surface area (Å²) in [6.45, 7) is 6.39. The lowest BCUT2D eigenvalue weighted by Gasteiger charge is -2.41. The zero-order valence-corrected chi connectivity index (χ0v) is 15.2. The molecule has 5 nitrogen and oxygen atoms in total. The number of rotatable bonds is 11. The molecule has 138 valence electrons. The molecule has 5 heteroatoms. The van der Waals surface area contributed by atoms with Crippen molar-refractivity contribution in [1.82, 2.24) is 0 Å². The van der Waals surface area contributed by atoms with Crippen LogP contribution in [0.15, 0.2) is 24.3 Å². The normalized spacial score (nSPS) is 12.5. The lowest BCUT2D eigenvalue weighted by Crippen LogP contribution is -2.49. The molecular weight excluding hydrogens is 306 g/mol. The van der Waals surface area contributed by atoms with Gasteiger partial charge in [-0.25, -0.2) is 0 Å². The number of anilines is 1. The van der Waals surface area contributed by atoms with Gasteiger partial charge in [-0.2, -0.15) is 0 Å². The number of aliphatic hydroxyl groups excluding tert-OH is 4. The highest BCUT2D eigenvalue weighted by Crippen LogP contribution is 2.30. The summed E-state index contributed by atoms with van der Waals surface area (Å²) >= 11 is 0. The Morgan fingerprint density at radius 3 is 1.42 bits per heavy atom. The van der Waals surface area contributed by atoms with Crippen LogP contribution < -0.4 is 4.90 Å². The van der Waals surface area contributed by atoms with Gasteiger partial charge in [0.2, 0.25) is 0 Å². The molecule has 0 saturated heterocycles. The van der Waals surface area contributed by atoms with Crippen molar-refractivity contribution in [2.75, 3.05) is 44.4 Å². The van der Waals surface area contributed by atoms with E-state index in [9.17, 15) is 20.4 Å². The van der Waals surface area contributed by atoms with E-state index in [4.69, 9.17) is 0 Å². The van der Waals surface area contributed by atoms with Crippen molar-refractivity contribution in [1.29, 1.82) is 0 Å². The second kappa shape index (κ2) is 9.37. The van der Waals surface area contributed by atoms with Crippen molar-refractivity contribution in [3.8, 4) is 0 Å². The van der Waals surface area contributed by atoms with Crippen molar-refractivity contribution in [3.05, 3.63) is 29.8 Å². The van der Waals surface area contributed by atoms with E-state index in [2.05, 4.69) is 4.90 Å². The Hall–Kier alpha value is -1.14. The zero-order valence-electron chi connectivity index (χ0n) is 15.2. The van der Waals surface area contributed by atoms with Gasteiger partial charge in [0.05, 0.1) is 26.4 Å². The van der Waals surface area contributed by atoms with Crippen LogP contribution in [0.1, 0.15) is 32.3 Å². The summed E-state index contributed by atoms with van der Waals surface area (Å²) in [5, 5.41) is 39.2. The smallest absolute Gasteiger partial charge is 0.0526 e. The molecule has 1 aromatic rings. The fourth-order valence-electron chi connectivity index (χ4n) is 2.77. The van der Waals surface area contributed by atoms with Crippen LogP contribution in [0, 0.1) is 17.8 Å². The fourth-order valence-corrected chi connectivity index (χ4v) is 2.77. The van der Waals surface area contributed by atoms with Crippen molar-refractivity contribution < 1.29 is 20.4 Å². The lowest BCUT2D eigenvalue weighted by molar-refractivity contribution is 0.0394. The molecule has 24 heavy (non-hydrogen) atoms. The highest BCUT2D eigenvalue weighted by atomic mass is 16.3. The number of aliphatic hydroxyl groups is 4. The van der Waals surface area contributed by atoms with Crippen LogP contribution >= 0.6 is 0 Å². The predicted molar refractivity (Wildman–Crippen MR) is 97.2 cm³/mol. The highest BCUT2D eigenvalue weighted by molar-refractivity contribution is 5.48. The molecule has 0 fully saturated rings. The molecule has 1 aromatic carbocycles. The number of nitrogens with zero attached hydrogens (tertiary/aromatic N) is 1. The first-order chi connectivity index (χ1) is 11.4. The van der Waals surface area contributed by atoms with Crippen molar-refractivity contribution in [2.24, 2.45) is 10.8 Å². The van der Waals surface area contributed by atoms with E-state index in [1.165, 1.54) is 0 Å². The van der Waals surface area contributed by atoms with Gasteiger partial charge < -0.3 is 25.3 Å². The van der Waals surface area contributed by atoms with Gasteiger partial charge in [0, 0.05) is 29.6 Å². The number of benzene rings is 1. The average molecular weight is 339 g/mol. The third-order valence-electron chi connectivity index (χ3n) is 5.29. The van der Waals surface area contributed by atoms with Gasteiger partial charge >= 0.3 is 0 Å². The summed E-state index contributed by atoms with van der Waals surface area (Å²) in [4.78, 5) is 2.06. The monoisotopic (exact) mass is 339 g/mol. The minimum Gasteiger partial charge on any atom is -0.396 e. The highest BCUT2D eigenvalue weighted by Gasteiger charge is 2.35. The minimum atomic E-state index is -0.616. The van der Waals surface area contributed by atoms with Crippen LogP contribution in [0.25, 0.3) is 0 Å². The predicted octanol–water partition coefficient (Wildman–Crippen LogP) is 1.56. The molecule has 0 heterocycles. The van der Waals surface area contributed by atoms with Gasteiger partial charge in [-0.3, -0.25) is 0 Å². The van der Waals surface area contributed by atoms with Gasteiger partial charge in [0.15, 0.2) is 0 Å². The Kier molecular flexibility index (Phi) is 8.16. The Labute approximate surface area is 145 Å². The summed E-state index contributed by atoms with van der Waals surface area (Å²) in [6, 6.07) is 8.03. The van der Waals surface area contributed by atoms with Crippen molar-refractivity contribution in [2.45, 2.75) is 33.6 Å². The minimum absolute atomic E-state index is 0.111. The van der Waals surface area contributed by atoms with Crippen molar-refractivity contribution in [3.63, 3.8) is 0 Å². The summed E-state index contributed by atoms with van der Waals surface area (Å²) in [5.74, 6) is 0.